The molecule has 4 N–H and O–H groups in total. The van der Waals surface area contributed by atoms with Crippen molar-refractivity contribution in [2.24, 2.45) is 5.14 Å². The van der Waals surface area contributed by atoms with Gasteiger partial charge in [0.2, 0.25) is 11.9 Å². The molecule has 0 aliphatic carbocycles. The van der Waals surface area contributed by atoms with Gasteiger partial charge in [0.1, 0.15) is 5.82 Å². The molecule has 2 aromatic heterocycles. The summed E-state index contributed by atoms with van der Waals surface area (Å²) < 4.78 is 30.7. The van der Waals surface area contributed by atoms with Gasteiger partial charge in [0.15, 0.2) is 0 Å². The van der Waals surface area contributed by atoms with Gasteiger partial charge in [-0.3, -0.25) is 0 Å². The van der Waals surface area contributed by atoms with Gasteiger partial charge < -0.3 is 20.3 Å². The lowest BCUT2D eigenvalue weighted by molar-refractivity contribution is 0.122. The summed E-state index contributed by atoms with van der Waals surface area (Å²) in [5.41, 5.74) is 7.83. The Balaban J connectivity index is 1.58. The Labute approximate surface area is 186 Å². The zero-order valence-electron chi connectivity index (χ0n) is 17.9. The van der Waals surface area contributed by atoms with E-state index in [2.05, 4.69) is 26.7 Å². The first-order chi connectivity index (χ1) is 15.2. The lowest BCUT2D eigenvalue weighted by atomic mass is 9.99. The van der Waals surface area contributed by atoms with Crippen LogP contribution in [-0.2, 0) is 21.4 Å². The molecule has 1 atom stereocenters. The second-order valence-corrected chi connectivity index (χ2v) is 10.2. The maximum absolute atomic E-state index is 11.9. The van der Waals surface area contributed by atoms with E-state index in [1.165, 1.54) is 4.31 Å². The Morgan fingerprint density at radius 2 is 1.81 bits per heavy atom. The molecule has 5 rings (SSSR count). The molecule has 2 saturated heterocycles. The largest absolute Gasteiger partial charge is 0.378 e. The quantitative estimate of drug-likeness (QED) is 0.601. The first-order valence-corrected chi connectivity index (χ1v) is 12.1. The molecular formula is C19H27N9O3S. The molecule has 0 amide bonds. The van der Waals surface area contributed by atoms with E-state index in [0.717, 1.165) is 29.1 Å². The minimum Gasteiger partial charge on any atom is -0.378 e. The van der Waals surface area contributed by atoms with Crippen LogP contribution < -0.4 is 20.7 Å². The van der Waals surface area contributed by atoms with Gasteiger partial charge in [-0.25, -0.2) is 20.1 Å². The van der Waals surface area contributed by atoms with E-state index in [-0.39, 0.29) is 5.95 Å². The second kappa shape index (κ2) is 7.76. The SMILES string of the molecule is C[C@@]1(N2CCc3c(-c4cnc(N)nc4)nc(N4CCOCC4)nc32)CCN(S(N)(=O)=O)C1. The van der Waals surface area contributed by atoms with Crippen molar-refractivity contribution in [1.82, 2.24) is 24.2 Å². The van der Waals surface area contributed by atoms with Crippen LogP contribution in [0.1, 0.15) is 18.9 Å². The van der Waals surface area contributed by atoms with Crippen LogP contribution in [0.15, 0.2) is 12.4 Å². The molecule has 32 heavy (non-hydrogen) atoms. The van der Waals surface area contributed by atoms with Crippen LogP contribution in [0, 0.1) is 0 Å². The van der Waals surface area contributed by atoms with Crippen molar-refractivity contribution in [3.8, 4) is 11.3 Å². The molecule has 0 radical (unpaired) electrons. The normalized spacial score (nSPS) is 24.2. The smallest absolute Gasteiger partial charge is 0.276 e. The van der Waals surface area contributed by atoms with Crippen molar-refractivity contribution in [2.45, 2.75) is 25.3 Å². The fourth-order valence-electron chi connectivity index (χ4n) is 4.71. The van der Waals surface area contributed by atoms with Crippen LogP contribution in [-0.4, -0.2) is 84.1 Å². The fourth-order valence-corrected chi connectivity index (χ4v) is 5.52. The fraction of sp³-hybridized carbons (Fsp3) is 0.579. The Morgan fingerprint density at radius 1 is 1.09 bits per heavy atom. The highest BCUT2D eigenvalue weighted by Crippen LogP contribution is 2.41. The average Bonchev–Trinajstić information content (AvgIpc) is 3.39. The third kappa shape index (κ3) is 3.74. The summed E-state index contributed by atoms with van der Waals surface area (Å²) >= 11 is 0. The highest BCUT2D eigenvalue weighted by molar-refractivity contribution is 7.86. The number of fused-ring (bicyclic) bond motifs is 1. The molecule has 0 bridgehead atoms. The van der Waals surface area contributed by atoms with E-state index in [4.69, 9.17) is 25.6 Å². The molecule has 172 valence electrons. The summed E-state index contributed by atoms with van der Waals surface area (Å²) in [6.45, 7) is 6.13. The number of ether oxygens (including phenoxy) is 1. The lowest BCUT2D eigenvalue weighted by Gasteiger charge is -2.37. The average molecular weight is 462 g/mol. The molecule has 0 spiro atoms. The lowest BCUT2D eigenvalue weighted by Crippen LogP contribution is -2.49. The van der Waals surface area contributed by atoms with Crippen LogP contribution >= 0.6 is 0 Å². The van der Waals surface area contributed by atoms with Crippen LogP contribution in [0.5, 0.6) is 0 Å². The van der Waals surface area contributed by atoms with Gasteiger partial charge in [0, 0.05) is 56.2 Å². The zero-order valence-corrected chi connectivity index (χ0v) is 18.8. The van der Waals surface area contributed by atoms with Crippen molar-refractivity contribution < 1.29 is 13.2 Å². The molecule has 2 aromatic rings. The predicted molar refractivity (Wildman–Crippen MR) is 119 cm³/mol. The Bertz CT molecular complexity index is 1120. The predicted octanol–water partition coefficient (Wildman–Crippen LogP) is -0.617. The summed E-state index contributed by atoms with van der Waals surface area (Å²) in [6.07, 6.45) is 4.76. The standard InChI is InChI=1S/C19H27N9O3S/c1-19(3-5-27(12-19)32(21,29)30)28-4-2-14-15(13-10-22-17(20)23-11-13)24-18(25-16(14)28)26-6-8-31-9-7-26/h10-11H,2-9,12H2,1H3,(H2,20,22,23)(H2,21,29,30)/t19-/m1/s1. The van der Waals surface area contributed by atoms with Crippen molar-refractivity contribution in [3.05, 3.63) is 18.0 Å². The third-order valence-corrected chi connectivity index (χ3v) is 7.51. The highest BCUT2D eigenvalue weighted by atomic mass is 32.2. The monoisotopic (exact) mass is 461 g/mol. The molecule has 13 heteroatoms. The second-order valence-electron chi connectivity index (χ2n) is 8.63. The van der Waals surface area contributed by atoms with Gasteiger partial charge in [-0.1, -0.05) is 0 Å². The molecule has 2 fully saturated rings. The van der Waals surface area contributed by atoms with E-state index >= 15 is 0 Å². The Morgan fingerprint density at radius 3 is 2.47 bits per heavy atom. The van der Waals surface area contributed by atoms with E-state index in [1.54, 1.807) is 12.4 Å². The minimum absolute atomic E-state index is 0.205. The number of rotatable bonds is 4. The van der Waals surface area contributed by atoms with E-state index in [1.807, 2.05) is 0 Å². The van der Waals surface area contributed by atoms with Crippen LogP contribution in [0.2, 0.25) is 0 Å². The van der Waals surface area contributed by atoms with Gasteiger partial charge in [0.05, 0.1) is 24.4 Å². The molecule has 3 aliphatic heterocycles. The van der Waals surface area contributed by atoms with E-state index < -0.39 is 15.7 Å². The number of nitrogens with zero attached hydrogens (tertiary/aromatic N) is 7. The summed E-state index contributed by atoms with van der Waals surface area (Å²) in [7, 11) is -3.74. The Kier molecular flexibility index (Phi) is 5.15. The first-order valence-electron chi connectivity index (χ1n) is 10.6. The summed E-state index contributed by atoms with van der Waals surface area (Å²) in [4.78, 5) is 22.5. The van der Waals surface area contributed by atoms with Crippen LogP contribution in [0.3, 0.4) is 0 Å². The van der Waals surface area contributed by atoms with Gasteiger partial charge in [-0.2, -0.15) is 17.7 Å². The number of anilines is 3. The third-order valence-electron chi connectivity index (χ3n) is 6.48. The van der Waals surface area contributed by atoms with Gasteiger partial charge in [-0.15, -0.1) is 0 Å². The summed E-state index contributed by atoms with van der Waals surface area (Å²) in [6, 6.07) is 0. The van der Waals surface area contributed by atoms with Crippen molar-refractivity contribution in [2.75, 3.05) is 61.5 Å². The molecule has 0 unspecified atom stereocenters. The molecule has 0 saturated carbocycles. The van der Waals surface area contributed by atoms with E-state index in [0.29, 0.717) is 58.3 Å². The maximum atomic E-state index is 11.9. The molecular weight excluding hydrogens is 434 g/mol. The Hall–Kier alpha value is -2.61. The first kappa shape index (κ1) is 21.2. The summed E-state index contributed by atoms with van der Waals surface area (Å²) in [5, 5.41) is 5.40. The number of hydrogen-bond donors (Lipinski definition) is 2. The number of nitrogen functional groups attached to an aromatic ring is 1. The topological polar surface area (TPSA) is 157 Å². The number of aromatic nitrogens is 4. The van der Waals surface area contributed by atoms with Crippen molar-refractivity contribution in [1.29, 1.82) is 0 Å². The van der Waals surface area contributed by atoms with E-state index in [9.17, 15) is 8.42 Å². The van der Waals surface area contributed by atoms with Gasteiger partial charge in [-0.05, 0) is 19.8 Å². The molecule has 12 nitrogen and oxygen atoms in total. The van der Waals surface area contributed by atoms with Crippen LogP contribution in [0.4, 0.5) is 17.7 Å². The maximum Gasteiger partial charge on any atom is 0.276 e. The summed E-state index contributed by atoms with van der Waals surface area (Å²) in [5.74, 6) is 1.65. The van der Waals surface area contributed by atoms with Gasteiger partial charge >= 0.3 is 0 Å². The zero-order chi connectivity index (χ0) is 22.5. The number of hydrogen-bond acceptors (Lipinski definition) is 10. The van der Waals surface area contributed by atoms with Crippen molar-refractivity contribution in [3.63, 3.8) is 0 Å². The highest BCUT2D eigenvalue weighted by Gasteiger charge is 2.45. The number of morpholine rings is 1. The number of nitrogens with two attached hydrogens (primary N) is 2. The minimum atomic E-state index is -3.74. The van der Waals surface area contributed by atoms with Crippen molar-refractivity contribution >= 4 is 27.9 Å². The molecule has 5 heterocycles. The molecule has 0 aromatic carbocycles. The molecule has 3 aliphatic rings. The van der Waals surface area contributed by atoms with Crippen LogP contribution in [0.25, 0.3) is 11.3 Å². The van der Waals surface area contributed by atoms with Gasteiger partial charge in [0.25, 0.3) is 10.2 Å².